The topological polar surface area (TPSA) is 67.4 Å². The summed E-state index contributed by atoms with van der Waals surface area (Å²) in [5.74, 6) is 0.251. The van der Waals surface area contributed by atoms with E-state index in [4.69, 9.17) is 4.84 Å². The molecule has 1 aromatic rings. The third-order valence-corrected chi connectivity index (χ3v) is 2.82. The van der Waals surface area contributed by atoms with E-state index in [1.54, 1.807) is 0 Å². The zero-order chi connectivity index (χ0) is 12.7. The molecule has 0 unspecified atom stereocenters. The fraction of sp³-hybridized carbons (Fsp3) is 0.455. The Bertz CT molecular complexity index is 418. The smallest absolute Gasteiger partial charge is 0.281 e. The second kappa shape index (κ2) is 6.70. The first-order chi connectivity index (χ1) is 7.99. The molecule has 0 atom stereocenters. The van der Waals surface area contributed by atoms with Crippen LogP contribution in [0.4, 0.5) is 0 Å². The predicted molar refractivity (Wildman–Crippen MR) is 66.1 cm³/mol. The first-order valence-electron chi connectivity index (χ1n) is 5.42. The van der Waals surface area contributed by atoms with Crippen molar-refractivity contribution in [3.8, 4) is 0 Å². The Balaban J connectivity index is 2.31. The van der Waals surface area contributed by atoms with Gasteiger partial charge in [-0.05, 0) is 11.5 Å². The highest BCUT2D eigenvalue weighted by molar-refractivity contribution is 7.87. The molecule has 0 radical (unpaired) electrons. The van der Waals surface area contributed by atoms with Crippen LogP contribution in [-0.2, 0) is 21.7 Å². The van der Waals surface area contributed by atoms with E-state index in [9.17, 15) is 8.42 Å². The summed E-state index contributed by atoms with van der Waals surface area (Å²) in [5, 5.41) is 0. The van der Waals surface area contributed by atoms with E-state index in [1.165, 1.54) is 0 Å². The van der Waals surface area contributed by atoms with Gasteiger partial charge in [0.25, 0.3) is 10.2 Å². The molecule has 1 rings (SSSR count). The second-order valence-corrected chi connectivity index (χ2v) is 5.57. The van der Waals surface area contributed by atoms with Crippen LogP contribution in [0, 0.1) is 5.92 Å². The molecular weight excluding hydrogens is 240 g/mol. The van der Waals surface area contributed by atoms with Gasteiger partial charge in [-0.3, -0.25) is 4.84 Å². The Morgan fingerprint density at radius 3 is 2.47 bits per heavy atom. The molecule has 0 aromatic heterocycles. The molecular formula is C11H18N2O3S. The summed E-state index contributed by atoms with van der Waals surface area (Å²) < 4.78 is 25.1. The average Bonchev–Trinajstić information content (AvgIpc) is 2.28. The van der Waals surface area contributed by atoms with Crippen molar-refractivity contribution in [3.63, 3.8) is 0 Å². The monoisotopic (exact) mass is 258 g/mol. The summed E-state index contributed by atoms with van der Waals surface area (Å²) in [6, 6.07) is 9.33. The Morgan fingerprint density at radius 1 is 1.24 bits per heavy atom. The third kappa shape index (κ3) is 6.38. The molecule has 2 N–H and O–H groups in total. The van der Waals surface area contributed by atoms with Crippen molar-refractivity contribution in [3.05, 3.63) is 35.9 Å². The van der Waals surface area contributed by atoms with Crippen LogP contribution in [0.3, 0.4) is 0 Å². The highest BCUT2D eigenvalue weighted by atomic mass is 32.2. The van der Waals surface area contributed by atoms with Crippen LogP contribution in [0.25, 0.3) is 0 Å². The van der Waals surface area contributed by atoms with Crippen LogP contribution < -0.4 is 9.61 Å². The first kappa shape index (κ1) is 14.1. The maximum Gasteiger partial charge on any atom is 0.299 e. The van der Waals surface area contributed by atoms with Gasteiger partial charge >= 0.3 is 0 Å². The molecule has 0 saturated carbocycles. The molecule has 0 aliphatic rings. The van der Waals surface area contributed by atoms with E-state index in [0.717, 1.165) is 5.56 Å². The number of hydrogen-bond acceptors (Lipinski definition) is 3. The van der Waals surface area contributed by atoms with Crippen LogP contribution in [0.5, 0.6) is 0 Å². The van der Waals surface area contributed by atoms with Crippen LogP contribution in [0.2, 0.25) is 0 Å². The molecule has 0 saturated heterocycles. The van der Waals surface area contributed by atoms with Crippen LogP contribution >= 0.6 is 0 Å². The maximum absolute atomic E-state index is 11.4. The van der Waals surface area contributed by atoms with Crippen molar-refractivity contribution in [2.24, 2.45) is 5.92 Å². The third-order valence-electron chi connectivity index (χ3n) is 1.93. The molecule has 0 aliphatic carbocycles. The fourth-order valence-electron chi connectivity index (χ4n) is 1.07. The van der Waals surface area contributed by atoms with Crippen molar-refractivity contribution >= 4 is 10.2 Å². The van der Waals surface area contributed by atoms with Gasteiger partial charge in [0.2, 0.25) is 0 Å². The molecule has 0 amide bonds. The molecule has 1 aromatic carbocycles. The van der Waals surface area contributed by atoms with Gasteiger partial charge in [-0.2, -0.15) is 8.42 Å². The van der Waals surface area contributed by atoms with Crippen LogP contribution in [0.15, 0.2) is 30.3 Å². The number of nitrogens with one attached hydrogen (secondary N) is 2. The standard InChI is InChI=1S/C11H18N2O3S/c1-10(2)8-12-17(14,15)13-16-9-11-6-4-3-5-7-11/h3-7,10,12-13H,8-9H2,1-2H3. The molecule has 0 heterocycles. The van der Waals surface area contributed by atoms with Gasteiger partial charge in [0.15, 0.2) is 0 Å². The van der Waals surface area contributed by atoms with E-state index < -0.39 is 10.2 Å². The van der Waals surface area contributed by atoms with Gasteiger partial charge in [-0.1, -0.05) is 49.1 Å². The lowest BCUT2D eigenvalue weighted by atomic mass is 10.2. The summed E-state index contributed by atoms with van der Waals surface area (Å²) in [4.78, 5) is 6.94. The summed E-state index contributed by atoms with van der Waals surface area (Å²) >= 11 is 0. The molecule has 6 heteroatoms. The van der Waals surface area contributed by atoms with E-state index in [2.05, 4.69) is 4.72 Å². The maximum atomic E-state index is 11.4. The Labute approximate surface area is 102 Å². The summed E-state index contributed by atoms with van der Waals surface area (Å²) in [6.07, 6.45) is 0. The summed E-state index contributed by atoms with van der Waals surface area (Å²) in [7, 11) is -3.57. The Kier molecular flexibility index (Phi) is 5.57. The van der Waals surface area contributed by atoms with E-state index >= 15 is 0 Å². The molecule has 0 fully saturated rings. The average molecular weight is 258 g/mol. The minimum absolute atomic E-state index is 0.198. The predicted octanol–water partition coefficient (Wildman–Crippen LogP) is 1.20. The lowest BCUT2D eigenvalue weighted by Crippen LogP contribution is -2.38. The molecule has 17 heavy (non-hydrogen) atoms. The highest BCUT2D eigenvalue weighted by Crippen LogP contribution is 1.99. The van der Waals surface area contributed by atoms with E-state index in [0.29, 0.717) is 6.54 Å². The second-order valence-electron chi connectivity index (χ2n) is 4.10. The van der Waals surface area contributed by atoms with Crippen molar-refractivity contribution in [1.29, 1.82) is 0 Å². The quantitative estimate of drug-likeness (QED) is 0.722. The lowest BCUT2D eigenvalue weighted by Gasteiger charge is -2.09. The largest absolute Gasteiger partial charge is 0.299 e. The minimum Gasteiger partial charge on any atom is -0.281 e. The van der Waals surface area contributed by atoms with Crippen molar-refractivity contribution in [2.75, 3.05) is 6.54 Å². The summed E-state index contributed by atoms with van der Waals surface area (Å²) in [6.45, 7) is 4.42. The minimum atomic E-state index is -3.57. The SMILES string of the molecule is CC(C)CNS(=O)(=O)NOCc1ccccc1. The summed E-state index contributed by atoms with van der Waals surface area (Å²) in [5.41, 5.74) is 0.902. The molecule has 0 spiro atoms. The van der Waals surface area contributed by atoms with Gasteiger partial charge in [0.1, 0.15) is 0 Å². The fourth-order valence-corrected chi connectivity index (χ4v) is 1.90. The van der Waals surface area contributed by atoms with E-state index in [1.807, 2.05) is 49.1 Å². The molecule has 0 bridgehead atoms. The van der Waals surface area contributed by atoms with Gasteiger partial charge in [-0.25, -0.2) is 4.72 Å². The van der Waals surface area contributed by atoms with Crippen LogP contribution in [-0.4, -0.2) is 15.0 Å². The zero-order valence-corrected chi connectivity index (χ0v) is 10.8. The normalized spacial score (nSPS) is 11.9. The van der Waals surface area contributed by atoms with Gasteiger partial charge in [-0.15, -0.1) is 0 Å². The number of hydrogen-bond donors (Lipinski definition) is 2. The Morgan fingerprint density at radius 2 is 1.88 bits per heavy atom. The first-order valence-corrected chi connectivity index (χ1v) is 6.90. The molecule has 96 valence electrons. The Hall–Kier alpha value is -0.950. The zero-order valence-electron chi connectivity index (χ0n) is 10.0. The van der Waals surface area contributed by atoms with E-state index in [-0.39, 0.29) is 12.5 Å². The van der Waals surface area contributed by atoms with Gasteiger partial charge in [0.05, 0.1) is 6.61 Å². The van der Waals surface area contributed by atoms with Crippen LogP contribution in [0.1, 0.15) is 19.4 Å². The van der Waals surface area contributed by atoms with Gasteiger partial charge < -0.3 is 0 Å². The van der Waals surface area contributed by atoms with Crippen molar-refractivity contribution < 1.29 is 13.3 Å². The molecule has 0 aliphatic heterocycles. The lowest BCUT2D eigenvalue weighted by molar-refractivity contribution is 0.0785. The highest BCUT2D eigenvalue weighted by Gasteiger charge is 2.09. The number of benzene rings is 1. The van der Waals surface area contributed by atoms with Gasteiger partial charge in [0, 0.05) is 6.54 Å². The van der Waals surface area contributed by atoms with Crippen molar-refractivity contribution in [2.45, 2.75) is 20.5 Å². The van der Waals surface area contributed by atoms with Crippen molar-refractivity contribution in [1.82, 2.24) is 9.61 Å². The number of rotatable bonds is 7. The molecule has 5 nitrogen and oxygen atoms in total.